The molecule has 1 saturated heterocycles. The van der Waals surface area contributed by atoms with Crippen molar-refractivity contribution < 1.29 is 13.2 Å². The molecule has 0 N–H and O–H groups in total. The van der Waals surface area contributed by atoms with E-state index in [-0.39, 0.29) is 16.8 Å². The Morgan fingerprint density at radius 1 is 0.968 bits per heavy atom. The quantitative estimate of drug-likeness (QED) is 0.579. The average molecular weight is 435 g/mol. The summed E-state index contributed by atoms with van der Waals surface area (Å²) in [5.74, 6) is -0.113. The molecule has 3 aromatic rings. The zero-order valence-electron chi connectivity index (χ0n) is 17.5. The predicted molar refractivity (Wildman–Crippen MR) is 123 cm³/mol. The number of rotatable bonds is 6. The lowest BCUT2D eigenvalue weighted by Crippen LogP contribution is -2.37. The molecule has 0 saturated carbocycles. The number of hydrogen-bond acceptors (Lipinski definition) is 3. The maximum absolute atomic E-state index is 13.3. The van der Waals surface area contributed by atoms with Gasteiger partial charge in [-0.1, -0.05) is 54.6 Å². The van der Waals surface area contributed by atoms with Crippen molar-refractivity contribution in [3.05, 3.63) is 96.1 Å². The smallest absolute Gasteiger partial charge is 0.264 e. The molecule has 6 heteroatoms. The molecule has 0 radical (unpaired) electrons. The highest BCUT2D eigenvalue weighted by molar-refractivity contribution is 7.92. The Labute approximate surface area is 184 Å². The first kappa shape index (κ1) is 21.1. The van der Waals surface area contributed by atoms with E-state index in [2.05, 4.69) is 12.1 Å². The number of nitrogens with zero attached hydrogens (tertiary/aromatic N) is 2. The van der Waals surface area contributed by atoms with Crippen molar-refractivity contribution in [3.63, 3.8) is 0 Å². The van der Waals surface area contributed by atoms with E-state index in [1.807, 2.05) is 29.2 Å². The summed E-state index contributed by atoms with van der Waals surface area (Å²) in [5.41, 5.74) is 2.18. The van der Waals surface area contributed by atoms with Gasteiger partial charge in [0.1, 0.15) is 0 Å². The first-order valence-corrected chi connectivity index (χ1v) is 11.9. The average Bonchev–Trinajstić information content (AvgIpc) is 3.27. The van der Waals surface area contributed by atoms with Gasteiger partial charge in [-0.3, -0.25) is 9.10 Å². The highest BCUT2D eigenvalue weighted by atomic mass is 32.2. The van der Waals surface area contributed by atoms with E-state index in [1.54, 1.807) is 36.4 Å². The molecule has 0 spiro atoms. The van der Waals surface area contributed by atoms with Crippen LogP contribution in [0.2, 0.25) is 0 Å². The van der Waals surface area contributed by atoms with E-state index < -0.39 is 10.0 Å². The molecule has 5 nitrogen and oxygen atoms in total. The normalized spacial score (nSPS) is 16.3. The van der Waals surface area contributed by atoms with Gasteiger partial charge in [0.2, 0.25) is 0 Å². The van der Waals surface area contributed by atoms with E-state index >= 15 is 0 Å². The highest BCUT2D eigenvalue weighted by Crippen LogP contribution is 2.26. The van der Waals surface area contributed by atoms with Crippen molar-refractivity contribution in [2.24, 2.45) is 0 Å². The van der Waals surface area contributed by atoms with Gasteiger partial charge in [-0.15, -0.1) is 0 Å². The molecule has 160 valence electrons. The minimum atomic E-state index is -3.77. The molecule has 1 fully saturated rings. The lowest BCUT2D eigenvalue weighted by Gasteiger charge is -2.25. The molecule has 1 atom stereocenters. The van der Waals surface area contributed by atoms with Crippen LogP contribution in [0.25, 0.3) is 0 Å². The highest BCUT2D eigenvalue weighted by Gasteiger charge is 2.30. The molecule has 3 aromatic carbocycles. The Balaban J connectivity index is 1.57. The summed E-state index contributed by atoms with van der Waals surface area (Å²) in [6.07, 6.45) is 2.72. The van der Waals surface area contributed by atoms with E-state index in [9.17, 15) is 13.2 Å². The maximum atomic E-state index is 13.3. The number of carbonyl (C=O) groups excluding carboxylic acids is 1. The summed E-state index contributed by atoms with van der Waals surface area (Å²) in [7, 11) is -2.25. The van der Waals surface area contributed by atoms with Crippen molar-refractivity contribution in [3.8, 4) is 0 Å². The Hall–Kier alpha value is -3.12. The molecule has 1 unspecified atom stereocenters. The monoisotopic (exact) mass is 434 g/mol. The molecule has 4 rings (SSSR count). The molecule has 1 amide bonds. The molecule has 1 aliphatic heterocycles. The van der Waals surface area contributed by atoms with Gasteiger partial charge in [0.25, 0.3) is 15.9 Å². The molecular weight excluding hydrogens is 408 g/mol. The van der Waals surface area contributed by atoms with Crippen LogP contribution in [0.4, 0.5) is 5.69 Å². The second kappa shape index (κ2) is 8.94. The van der Waals surface area contributed by atoms with Gasteiger partial charge < -0.3 is 4.90 Å². The zero-order chi connectivity index (χ0) is 21.8. The van der Waals surface area contributed by atoms with Gasteiger partial charge in [0.05, 0.1) is 10.6 Å². The third kappa shape index (κ3) is 4.49. The molecule has 0 aromatic heterocycles. The number of para-hydroxylation sites is 1. The lowest BCUT2D eigenvalue weighted by molar-refractivity contribution is 0.0736. The first-order valence-electron chi connectivity index (χ1n) is 10.5. The Bertz CT molecular complexity index is 1150. The largest absolute Gasteiger partial charge is 0.335 e. The van der Waals surface area contributed by atoms with Gasteiger partial charge in [-0.25, -0.2) is 8.42 Å². The van der Waals surface area contributed by atoms with Crippen molar-refractivity contribution in [1.82, 2.24) is 4.90 Å². The van der Waals surface area contributed by atoms with Crippen LogP contribution in [0.3, 0.4) is 0 Å². The van der Waals surface area contributed by atoms with Crippen LogP contribution < -0.4 is 4.31 Å². The minimum absolute atomic E-state index is 0.113. The van der Waals surface area contributed by atoms with Crippen LogP contribution >= 0.6 is 0 Å². The van der Waals surface area contributed by atoms with Crippen molar-refractivity contribution in [1.29, 1.82) is 0 Å². The van der Waals surface area contributed by atoms with Gasteiger partial charge >= 0.3 is 0 Å². The van der Waals surface area contributed by atoms with E-state index in [4.69, 9.17) is 0 Å². The molecule has 0 bridgehead atoms. The van der Waals surface area contributed by atoms with Crippen LogP contribution in [0.15, 0.2) is 89.8 Å². The summed E-state index contributed by atoms with van der Waals surface area (Å²) in [4.78, 5) is 15.3. The Morgan fingerprint density at radius 2 is 1.65 bits per heavy atom. The fourth-order valence-electron chi connectivity index (χ4n) is 4.09. The first-order chi connectivity index (χ1) is 15.0. The molecule has 1 heterocycles. The van der Waals surface area contributed by atoms with Crippen LogP contribution in [-0.2, 0) is 16.4 Å². The topological polar surface area (TPSA) is 57.7 Å². The van der Waals surface area contributed by atoms with E-state index in [0.717, 1.165) is 19.3 Å². The van der Waals surface area contributed by atoms with Crippen LogP contribution in [0.5, 0.6) is 0 Å². The molecule has 0 aliphatic carbocycles. The second-order valence-corrected chi connectivity index (χ2v) is 9.79. The predicted octanol–water partition coefficient (Wildman–Crippen LogP) is 4.36. The number of carbonyl (C=O) groups is 1. The number of amides is 1. The Kier molecular flexibility index (Phi) is 6.09. The van der Waals surface area contributed by atoms with Gasteiger partial charge in [0, 0.05) is 25.2 Å². The fourth-order valence-corrected chi connectivity index (χ4v) is 5.33. The summed E-state index contributed by atoms with van der Waals surface area (Å²) in [6, 6.07) is 25.6. The molecule has 1 aliphatic rings. The van der Waals surface area contributed by atoms with E-state index in [0.29, 0.717) is 17.8 Å². The third-order valence-corrected chi connectivity index (χ3v) is 7.59. The van der Waals surface area contributed by atoms with Crippen molar-refractivity contribution >= 4 is 21.6 Å². The lowest BCUT2D eigenvalue weighted by atomic mass is 10.0. The van der Waals surface area contributed by atoms with Crippen LogP contribution in [0.1, 0.15) is 28.8 Å². The van der Waals surface area contributed by atoms with Gasteiger partial charge in [0.15, 0.2) is 0 Å². The molecular formula is C25H26N2O3S. The van der Waals surface area contributed by atoms with E-state index in [1.165, 1.54) is 29.0 Å². The summed E-state index contributed by atoms with van der Waals surface area (Å²) < 4.78 is 27.5. The SMILES string of the molecule is CN(c1ccccc1)S(=O)(=O)c1cccc(C(=O)N2CCCC2Cc2ccccc2)c1. The van der Waals surface area contributed by atoms with Gasteiger partial charge in [-0.05, 0) is 55.2 Å². The van der Waals surface area contributed by atoms with Crippen molar-refractivity contribution in [2.75, 3.05) is 17.9 Å². The number of likely N-dealkylation sites (tertiary alicyclic amines) is 1. The number of benzene rings is 3. The van der Waals surface area contributed by atoms with Crippen LogP contribution in [0, 0.1) is 0 Å². The van der Waals surface area contributed by atoms with Crippen LogP contribution in [-0.4, -0.2) is 38.9 Å². The van der Waals surface area contributed by atoms with Crippen molar-refractivity contribution in [2.45, 2.75) is 30.2 Å². The third-order valence-electron chi connectivity index (χ3n) is 5.81. The Morgan fingerprint density at radius 3 is 2.35 bits per heavy atom. The number of sulfonamides is 1. The maximum Gasteiger partial charge on any atom is 0.264 e. The fraction of sp³-hybridized carbons (Fsp3) is 0.240. The summed E-state index contributed by atoms with van der Waals surface area (Å²) >= 11 is 0. The standard InChI is InChI=1S/C25H26N2O3S/c1-26(22-13-6-3-7-14-22)31(29,30)24-16-8-12-21(19-24)25(28)27-17-9-15-23(27)18-20-10-4-2-5-11-20/h2-8,10-14,16,19,23H,9,15,17-18H2,1H3. The second-order valence-electron chi connectivity index (χ2n) is 7.82. The molecule has 31 heavy (non-hydrogen) atoms. The minimum Gasteiger partial charge on any atom is -0.335 e. The number of hydrogen-bond donors (Lipinski definition) is 0. The summed E-state index contributed by atoms with van der Waals surface area (Å²) in [5, 5.41) is 0. The zero-order valence-corrected chi connectivity index (χ0v) is 18.3. The van der Waals surface area contributed by atoms with Gasteiger partial charge in [-0.2, -0.15) is 0 Å². The summed E-state index contributed by atoms with van der Waals surface area (Å²) in [6.45, 7) is 0.692. The number of anilines is 1.